The normalized spacial score (nSPS) is 18.9. The van der Waals surface area contributed by atoms with Gasteiger partial charge in [0.15, 0.2) is 0 Å². The first-order chi connectivity index (χ1) is 7.63. The van der Waals surface area contributed by atoms with Gasteiger partial charge in [0, 0.05) is 25.5 Å². The number of nitrogens with zero attached hydrogens (tertiary/aromatic N) is 2. The van der Waals surface area contributed by atoms with Crippen molar-refractivity contribution in [1.29, 1.82) is 0 Å². The molecule has 0 aliphatic carbocycles. The van der Waals surface area contributed by atoms with Crippen LogP contribution in [0, 0.1) is 0 Å². The minimum Gasteiger partial charge on any atom is -0.351 e. The van der Waals surface area contributed by atoms with Crippen LogP contribution in [0.2, 0.25) is 0 Å². The average molecular weight is 236 g/mol. The smallest absolute Gasteiger partial charge is 0.293 e. The lowest BCUT2D eigenvalue weighted by Gasteiger charge is -2.06. The summed E-state index contributed by atoms with van der Waals surface area (Å²) in [4.78, 5) is 25.0. The Kier molecular flexibility index (Phi) is 2.87. The first kappa shape index (κ1) is 11.0. The molecular weight excluding hydrogens is 224 g/mol. The molecule has 1 saturated heterocycles. The molecule has 16 heavy (non-hydrogen) atoms. The van der Waals surface area contributed by atoms with E-state index in [2.05, 4.69) is 0 Å². The molecule has 1 aliphatic rings. The summed E-state index contributed by atoms with van der Waals surface area (Å²) in [7, 11) is 1.90. The van der Waals surface area contributed by atoms with Crippen LogP contribution in [0.3, 0.4) is 0 Å². The van der Waals surface area contributed by atoms with Gasteiger partial charge in [-0.25, -0.2) is 0 Å². The largest absolute Gasteiger partial charge is 0.351 e. The Hall–Kier alpha value is -1.49. The number of aryl methyl sites for hydroxylation is 1. The van der Waals surface area contributed by atoms with E-state index in [4.69, 9.17) is 0 Å². The molecule has 1 fully saturated rings. The third-order valence-electron chi connectivity index (χ3n) is 2.45. The van der Waals surface area contributed by atoms with Gasteiger partial charge in [-0.3, -0.25) is 14.5 Å². The Morgan fingerprint density at radius 1 is 1.44 bits per heavy atom. The Labute approximate surface area is 97.9 Å². The predicted molar refractivity (Wildman–Crippen MR) is 63.8 cm³/mol. The van der Waals surface area contributed by atoms with E-state index in [1.807, 2.05) is 29.9 Å². The van der Waals surface area contributed by atoms with Crippen LogP contribution in [-0.2, 0) is 11.8 Å². The minimum atomic E-state index is -0.196. The maximum Gasteiger partial charge on any atom is 0.293 e. The number of imide groups is 1. The van der Waals surface area contributed by atoms with Gasteiger partial charge in [-0.1, -0.05) is 0 Å². The molecule has 0 N–H and O–H groups in total. The van der Waals surface area contributed by atoms with Crippen molar-refractivity contribution in [2.45, 2.75) is 6.92 Å². The summed E-state index contributed by atoms with van der Waals surface area (Å²) < 4.78 is 1.90. The van der Waals surface area contributed by atoms with E-state index in [0.717, 1.165) is 17.5 Å². The summed E-state index contributed by atoms with van der Waals surface area (Å²) in [5, 5.41) is -0.187. The first-order valence-corrected chi connectivity index (χ1v) is 5.82. The van der Waals surface area contributed by atoms with Gasteiger partial charge >= 0.3 is 0 Å². The maximum absolute atomic E-state index is 11.8. The highest BCUT2D eigenvalue weighted by Gasteiger charge is 2.33. The third-order valence-corrected chi connectivity index (χ3v) is 3.36. The monoisotopic (exact) mass is 236 g/mol. The zero-order valence-corrected chi connectivity index (χ0v) is 9.95. The van der Waals surface area contributed by atoms with Crippen molar-refractivity contribution >= 4 is 29.0 Å². The Bertz CT molecular complexity index is 476. The second-order valence-electron chi connectivity index (χ2n) is 3.47. The molecule has 0 bridgehead atoms. The summed E-state index contributed by atoms with van der Waals surface area (Å²) in [6.07, 6.45) is 3.65. The molecule has 1 aromatic heterocycles. The van der Waals surface area contributed by atoms with E-state index in [0.29, 0.717) is 11.4 Å². The summed E-state index contributed by atoms with van der Waals surface area (Å²) >= 11 is 0.999. The van der Waals surface area contributed by atoms with Crippen LogP contribution in [0.15, 0.2) is 23.2 Å². The molecular formula is C11H12N2O2S. The van der Waals surface area contributed by atoms with E-state index in [1.165, 1.54) is 4.90 Å². The van der Waals surface area contributed by atoms with E-state index in [-0.39, 0.29) is 11.1 Å². The second-order valence-corrected chi connectivity index (χ2v) is 4.46. The fraction of sp³-hybridized carbons (Fsp3) is 0.273. The van der Waals surface area contributed by atoms with Gasteiger partial charge in [-0.05, 0) is 36.9 Å². The lowest BCUT2D eigenvalue weighted by atomic mass is 10.3. The zero-order chi connectivity index (χ0) is 11.7. The fourth-order valence-corrected chi connectivity index (χ4v) is 2.42. The molecule has 2 rings (SSSR count). The van der Waals surface area contributed by atoms with Crippen LogP contribution in [0.4, 0.5) is 4.79 Å². The highest BCUT2D eigenvalue weighted by molar-refractivity contribution is 8.18. The van der Waals surface area contributed by atoms with Gasteiger partial charge in [-0.2, -0.15) is 0 Å². The molecule has 0 saturated carbocycles. The summed E-state index contributed by atoms with van der Waals surface area (Å²) in [6.45, 7) is 2.22. The van der Waals surface area contributed by atoms with Crippen LogP contribution in [0.25, 0.3) is 6.08 Å². The van der Waals surface area contributed by atoms with Crippen molar-refractivity contribution < 1.29 is 9.59 Å². The topological polar surface area (TPSA) is 42.3 Å². The van der Waals surface area contributed by atoms with Crippen molar-refractivity contribution in [2.75, 3.05) is 6.54 Å². The number of carbonyl (C=O) groups is 2. The number of hydrogen-bond donors (Lipinski definition) is 0. The van der Waals surface area contributed by atoms with E-state index in [1.54, 1.807) is 13.0 Å². The van der Waals surface area contributed by atoms with E-state index >= 15 is 0 Å². The molecule has 5 heteroatoms. The van der Waals surface area contributed by atoms with Gasteiger partial charge in [0.1, 0.15) is 0 Å². The molecule has 0 atom stereocenters. The van der Waals surface area contributed by atoms with Crippen LogP contribution in [0.5, 0.6) is 0 Å². The number of amides is 2. The summed E-state index contributed by atoms with van der Waals surface area (Å²) in [5.74, 6) is -0.196. The Morgan fingerprint density at radius 3 is 2.69 bits per heavy atom. The lowest BCUT2D eigenvalue weighted by Crippen LogP contribution is -2.27. The molecule has 1 aliphatic heterocycles. The molecule has 1 aromatic rings. The van der Waals surface area contributed by atoms with Crippen LogP contribution in [-0.4, -0.2) is 27.2 Å². The third kappa shape index (κ3) is 1.78. The maximum atomic E-state index is 11.8. The van der Waals surface area contributed by atoms with E-state index in [9.17, 15) is 9.59 Å². The molecule has 0 unspecified atom stereocenters. The summed E-state index contributed by atoms with van der Waals surface area (Å²) in [6, 6.07) is 3.80. The predicted octanol–water partition coefficient (Wildman–Crippen LogP) is 2.08. The quantitative estimate of drug-likeness (QED) is 0.738. The molecule has 84 valence electrons. The number of hydrogen-bond acceptors (Lipinski definition) is 3. The highest BCUT2D eigenvalue weighted by atomic mass is 32.2. The van der Waals surface area contributed by atoms with Crippen molar-refractivity contribution in [2.24, 2.45) is 7.05 Å². The SMILES string of the molecule is CCN1C(=O)S/C(=C\c2cccn2C)C1=O. The molecule has 0 spiro atoms. The van der Waals surface area contributed by atoms with Crippen molar-refractivity contribution in [3.8, 4) is 0 Å². The van der Waals surface area contributed by atoms with Crippen molar-refractivity contribution in [1.82, 2.24) is 9.47 Å². The number of carbonyl (C=O) groups excluding carboxylic acids is 2. The number of rotatable bonds is 2. The van der Waals surface area contributed by atoms with Gasteiger partial charge < -0.3 is 4.57 Å². The van der Waals surface area contributed by atoms with Crippen molar-refractivity contribution in [3.05, 3.63) is 28.9 Å². The first-order valence-electron chi connectivity index (χ1n) is 5.00. The van der Waals surface area contributed by atoms with Gasteiger partial charge in [0.2, 0.25) is 0 Å². The van der Waals surface area contributed by atoms with Gasteiger partial charge in [-0.15, -0.1) is 0 Å². The van der Waals surface area contributed by atoms with Gasteiger partial charge in [0.05, 0.1) is 4.91 Å². The second kappa shape index (κ2) is 4.17. The Morgan fingerprint density at radius 2 is 2.19 bits per heavy atom. The van der Waals surface area contributed by atoms with Crippen LogP contribution >= 0.6 is 11.8 Å². The molecule has 2 heterocycles. The van der Waals surface area contributed by atoms with Gasteiger partial charge in [0.25, 0.3) is 11.1 Å². The standard InChI is InChI=1S/C11H12N2O2S/c1-3-13-10(14)9(16-11(13)15)7-8-5-4-6-12(8)2/h4-7H,3H2,1-2H3/b9-7-. The Balaban J connectivity index is 2.31. The molecule has 0 aromatic carbocycles. The lowest BCUT2D eigenvalue weighted by molar-refractivity contribution is -0.122. The highest BCUT2D eigenvalue weighted by Crippen LogP contribution is 2.31. The van der Waals surface area contributed by atoms with Crippen LogP contribution in [0.1, 0.15) is 12.6 Å². The zero-order valence-electron chi connectivity index (χ0n) is 9.14. The molecule has 0 radical (unpaired) electrons. The minimum absolute atomic E-state index is 0.187. The number of likely N-dealkylation sites (N-methyl/N-ethyl adjacent to an activating group) is 1. The fourth-order valence-electron chi connectivity index (χ4n) is 1.53. The number of aromatic nitrogens is 1. The molecule has 4 nitrogen and oxygen atoms in total. The van der Waals surface area contributed by atoms with Crippen LogP contribution < -0.4 is 0 Å². The molecule has 2 amide bonds. The van der Waals surface area contributed by atoms with Crippen molar-refractivity contribution in [3.63, 3.8) is 0 Å². The van der Waals surface area contributed by atoms with E-state index < -0.39 is 0 Å². The number of thioether (sulfide) groups is 1. The average Bonchev–Trinajstić information content (AvgIpc) is 2.74. The summed E-state index contributed by atoms with van der Waals surface area (Å²) in [5.41, 5.74) is 0.918.